The molecule has 2 N–H and O–H groups in total. The van der Waals surface area contributed by atoms with Crippen molar-refractivity contribution < 1.29 is 28.6 Å². The number of urea groups is 1. The van der Waals surface area contributed by atoms with Gasteiger partial charge in [0.2, 0.25) is 0 Å². The summed E-state index contributed by atoms with van der Waals surface area (Å²) in [5.41, 5.74) is 0.206. The first-order valence-electron chi connectivity index (χ1n) is 7.83. The van der Waals surface area contributed by atoms with Gasteiger partial charge < -0.3 is 19.5 Å². The monoisotopic (exact) mass is 364 g/mol. The summed E-state index contributed by atoms with van der Waals surface area (Å²) in [5, 5.41) is 4.63. The quantitative estimate of drug-likeness (QED) is 0.590. The molecule has 8 nitrogen and oxygen atoms in total. The first-order valence-corrected chi connectivity index (χ1v) is 7.83. The number of imide groups is 1. The molecule has 1 aromatic carbocycles. The Kier molecular flexibility index (Phi) is 7.64. The molecular formula is C18H24N2O6. The molecule has 0 saturated carbocycles. The number of esters is 1. The fourth-order valence-corrected chi connectivity index (χ4v) is 1.84. The molecule has 142 valence electrons. The summed E-state index contributed by atoms with van der Waals surface area (Å²) < 4.78 is 15.1. The summed E-state index contributed by atoms with van der Waals surface area (Å²) >= 11 is 0. The second kappa shape index (κ2) is 9.45. The van der Waals surface area contributed by atoms with Crippen molar-refractivity contribution in [2.24, 2.45) is 0 Å². The number of carbonyl (C=O) groups is 3. The third-order valence-electron chi connectivity index (χ3n) is 2.91. The number of methoxy groups -OCH3 is 2. The number of hydrogen-bond donors (Lipinski definition) is 2. The molecule has 0 atom stereocenters. The number of ether oxygens (including phenoxy) is 3. The van der Waals surface area contributed by atoms with Gasteiger partial charge >= 0.3 is 12.0 Å². The SMILES string of the molecule is COc1ccc(C=CC(=O)OCC(=O)NC(=O)NC(C)(C)C)cc1OC. The molecule has 0 unspecified atom stereocenters. The maximum absolute atomic E-state index is 11.7. The van der Waals surface area contributed by atoms with Gasteiger partial charge in [-0.2, -0.15) is 0 Å². The third kappa shape index (κ3) is 7.69. The molecule has 0 aliphatic heterocycles. The van der Waals surface area contributed by atoms with Crippen molar-refractivity contribution >= 4 is 24.0 Å². The van der Waals surface area contributed by atoms with Gasteiger partial charge in [0.25, 0.3) is 5.91 Å². The Balaban J connectivity index is 2.50. The predicted octanol–water partition coefficient (Wildman–Crippen LogP) is 1.88. The van der Waals surface area contributed by atoms with Crippen LogP contribution in [0.15, 0.2) is 24.3 Å². The lowest BCUT2D eigenvalue weighted by atomic mass is 10.1. The smallest absolute Gasteiger partial charge is 0.331 e. The Morgan fingerprint density at radius 1 is 1.08 bits per heavy atom. The average Bonchev–Trinajstić information content (AvgIpc) is 2.55. The highest BCUT2D eigenvalue weighted by atomic mass is 16.5. The molecule has 0 aromatic heterocycles. The summed E-state index contributed by atoms with van der Waals surface area (Å²) in [6, 6.07) is 4.46. The molecule has 26 heavy (non-hydrogen) atoms. The molecule has 3 amide bonds. The zero-order valence-corrected chi connectivity index (χ0v) is 15.5. The topological polar surface area (TPSA) is 103 Å². The van der Waals surface area contributed by atoms with Gasteiger partial charge in [-0.05, 0) is 44.5 Å². The van der Waals surface area contributed by atoms with Crippen LogP contribution in [-0.4, -0.2) is 44.3 Å². The second-order valence-electron chi connectivity index (χ2n) is 6.31. The van der Waals surface area contributed by atoms with E-state index in [2.05, 4.69) is 10.6 Å². The third-order valence-corrected chi connectivity index (χ3v) is 2.91. The van der Waals surface area contributed by atoms with Gasteiger partial charge in [0.1, 0.15) is 0 Å². The van der Waals surface area contributed by atoms with Gasteiger partial charge in [-0.1, -0.05) is 6.07 Å². The van der Waals surface area contributed by atoms with Gasteiger partial charge in [-0.25, -0.2) is 9.59 Å². The molecule has 0 saturated heterocycles. The molecule has 0 spiro atoms. The van der Waals surface area contributed by atoms with E-state index in [-0.39, 0.29) is 0 Å². The lowest BCUT2D eigenvalue weighted by Crippen LogP contribution is -2.49. The Morgan fingerprint density at radius 2 is 1.73 bits per heavy atom. The van der Waals surface area contributed by atoms with E-state index in [9.17, 15) is 14.4 Å². The molecule has 0 radical (unpaired) electrons. The van der Waals surface area contributed by atoms with E-state index >= 15 is 0 Å². The maximum Gasteiger partial charge on any atom is 0.331 e. The van der Waals surface area contributed by atoms with Crippen LogP contribution in [0.3, 0.4) is 0 Å². The minimum atomic E-state index is -0.723. The Labute approximate surface area is 152 Å². The lowest BCUT2D eigenvalue weighted by Gasteiger charge is -2.20. The Hall–Kier alpha value is -3.03. The van der Waals surface area contributed by atoms with Gasteiger partial charge in [0.15, 0.2) is 18.1 Å². The van der Waals surface area contributed by atoms with E-state index in [1.807, 2.05) is 0 Å². The molecular weight excluding hydrogens is 340 g/mol. The summed E-state index contributed by atoms with van der Waals surface area (Å²) in [6.07, 6.45) is 2.68. The van der Waals surface area contributed by atoms with Crippen LogP contribution in [0.5, 0.6) is 11.5 Å². The van der Waals surface area contributed by atoms with Crippen molar-refractivity contribution in [2.45, 2.75) is 26.3 Å². The van der Waals surface area contributed by atoms with E-state index in [1.165, 1.54) is 26.4 Å². The lowest BCUT2D eigenvalue weighted by molar-refractivity contribution is -0.143. The highest BCUT2D eigenvalue weighted by Gasteiger charge is 2.16. The van der Waals surface area contributed by atoms with Crippen molar-refractivity contribution in [3.05, 3.63) is 29.8 Å². The van der Waals surface area contributed by atoms with Crippen molar-refractivity contribution in [1.82, 2.24) is 10.6 Å². The van der Waals surface area contributed by atoms with Crippen molar-refractivity contribution in [3.8, 4) is 11.5 Å². The van der Waals surface area contributed by atoms with E-state index < -0.39 is 30.1 Å². The average molecular weight is 364 g/mol. The first kappa shape index (κ1) is 21.0. The van der Waals surface area contributed by atoms with E-state index in [0.717, 1.165) is 0 Å². The highest BCUT2D eigenvalue weighted by Crippen LogP contribution is 2.27. The standard InChI is InChI=1S/C18H24N2O6/c1-18(2,3)20-17(23)19-15(21)11-26-16(22)9-7-12-6-8-13(24-4)14(10-12)25-5/h6-10H,11H2,1-5H3,(H2,19,20,21,23). The second-order valence-corrected chi connectivity index (χ2v) is 6.31. The Morgan fingerprint density at radius 3 is 2.31 bits per heavy atom. The van der Waals surface area contributed by atoms with E-state index in [4.69, 9.17) is 14.2 Å². The van der Waals surface area contributed by atoms with Gasteiger partial charge in [0, 0.05) is 11.6 Å². The van der Waals surface area contributed by atoms with Crippen LogP contribution in [-0.2, 0) is 14.3 Å². The van der Waals surface area contributed by atoms with Gasteiger partial charge in [-0.3, -0.25) is 10.1 Å². The van der Waals surface area contributed by atoms with Crippen LogP contribution in [0, 0.1) is 0 Å². The van der Waals surface area contributed by atoms with Crippen molar-refractivity contribution in [2.75, 3.05) is 20.8 Å². The normalized spacial score (nSPS) is 11.0. The highest BCUT2D eigenvalue weighted by molar-refractivity contribution is 5.96. The molecule has 1 rings (SSSR count). The van der Waals surface area contributed by atoms with Crippen molar-refractivity contribution in [3.63, 3.8) is 0 Å². The molecule has 8 heteroatoms. The van der Waals surface area contributed by atoms with E-state index in [0.29, 0.717) is 17.1 Å². The summed E-state index contributed by atoms with van der Waals surface area (Å²) in [4.78, 5) is 34.8. The van der Waals surface area contributed by atoms with Gasteiger partial charge in [0.05, 0.1) is 14.2 Å². The molecule has 1 aromatic rings. The number of benzene rings is 1. The fraction of sp³-hybridized carbons (Fsp3) is 0.389. The van der Waals surface area contributed by atoms with Crippen LogP contribution in [0.4, 0.5) is 4.79 Å². The van der Waals surface area contributed by atoms with Crippen LogP contribution >= 0.6 is 0 Å². The molecule has 0 fully saturated rings. The molecule has 0 bridgehead atoms. The zero-order valence-electron chi connectivity index (χ0n) is 15.5. The number of amides is 3. The molecule has 0 aliphatic rings. The van der Waals surface area contributed by atoms with Crippen LogP contribution in [0.25, 0.3) is 6.08 Å². The number of hydrogen-bond acceptors (Lipinski definition) is 6. The minimum absolute atomic E-state index is 0.483. The van der Waals surface area contributed by atoms with Crippen LogP contribution < -0.4 is 20.1 Å². The largest absolute Gasteiger partial charge is 0.493 e. The van der Waals surface area contributed by atoms with Crippen molar-refractivity contribution in [1.29, 1.82) is 0 Å². The minimum Gasteiger partial charge on any atom is -0.493 e. The number of rotatable bonds is 6. The van der Waals surface area contributed by atoms with Gasteiger partial charge in [-0.15, -0.1) is 0 Å². The predicted molar refractivity (Wildman–Crippen MR) is 96.0 cm³/mol. The van der Waals surface area contributed by atoms with Crippen LogP contribution in [0.2, 0.25) is 0 Å². The molecule has 0 heterocycles. The number of nitrogens with one attached hydrogen (secondary N) is 2. The zero-order chi connectivity index (χ0) is 19.7. The first-order chi connectivity index (χ1) is 12.1. The van der Waals surface area contributed by atoms with E-state index in [1.54, 1.807) is 39.0 Å². The summed E-state index contributed by atoms with van der Waals surface area (Å²) in [5.74, 6) is -0.351. The number of carbonyl (C=O) groups excluding carboxylic acids is 3. The Bertz CT molecular complexity index is 691. The summed E-state index contributed by atoms with van der Waals surface area (Å²) in [6.45, 7) is 4.76. The maximum atomic E-state index is 11.7. The molecule has 0 aliphatic carbocycles. The summed E-state index contributed by atoms with van der Waals surface area (Å²) in [7, 11) is 3.03. The fourth-order valence-electron chi connectivity index (χ4n) is 1.84. The van der Waals surface area contributed by atoms with Crippen LogP contribution in [0.1, 0.15) is 26.3 Å².